The molecule has 0 aliphatic carbocycles. The van der Waals surface area contributed by atoms with Gasteiger partial charge in [0.1, 0.15) is 16.0 Å². The number of nitrogens with zero attached hydrogens (tertiary/aromatic N) is 3. The van der Waals surface area contributed by atoms with Gasteiger partial charge in [0.2, 0.25) is 0 Å². The predicted octanol–water partition coefficient (Wildman–Crippen LogP) is 5.07. The average molecular weight is 369 g/mol. The molecule has 0 radical (unpaired) electrons. The van der Waals surface area contributed by atoms with E-state index in [-0.39, 0.29) is 0 Å². The van der Waals surface area contributed by atoms with Crippen LogP contribution < -0.4 is 0 Å². The van der Waals surface area contributed by atoms with E-state index < -0.39 is 0 Å². The number of pyridine rings is 1. The third kappa shape index (κ3) is 2.39. The van der Waals surface area contributed by atoms with Crippen LogP contribution >= 0.6 is 39.1 Å². The fourth-order valence-corrected chi connectivity index (χ4v) is 2.72. The Morgan fingerprint density at radius 3 is 2.35 bits per heavy atom. The van der Waals surface area contributed by atoms with E-state index in [1.165, 1.54) is 0 Å². The second kappa shape index (κ2) is 5.28. The summed E-state index contributed by atoms with van der Waals surface area (Å²) < 4.78 is 0.798. The molecule has 0 bridgehead atoms. The number of hydrogen-bond acceptors (Lipinski definition) is 3. The minimum Gasteiger partial charge on any atom is -0.243 e. The molecule has 1 aromatic carbocycles. The molecule has 0 spiro atoms. The van der Waals surface area contributed by atoms with Crippen molar-refractivity contribution in [1.82, 2.24) is 15.0 Å². The Bertz CT molecular complexity index is 798. The lowest BCUT2D eigenvalue weighted by Gasteiger charge is -2.07. The molecule has 0 unspecified atom stereocenters. The van der Waals surface area contributed by atoms with E-state index in [0.29, 0.717) is 27.4 Å². The minimum absolute atomic E-state index is 0.335. The number of fused-ring (bicyclic) bond motifs is 1. The van der Waals surface area contributed by atoms with Gasteiger partial charge in [0, 0.05) is 15.4 Å². The zero-order valence-corrected chi connectivity index (χ0v) is 13.5. The van der Waals surface area contributed by atoms with Crippen LogP contribution in [-0.2, 0) is 0 Å². The normalized spacial score (nSPS) is 11.0. The van der Waals surface area contributed by atoms with Gasteiger partial charge in [-0.3, -0.25) is 0 Å². The third-order valence-electron chi connectivity index (χ3n) is 2.92. The van der Waals surface area contributed by atoms with Gasteiger partial charge >= 0.3 is 0 Å². The lowest BCUT2D eigenvalue weighted by Crippen LogP contribution is -1.97. The van der Waals surface area contributed by atoms with Crippen LogP contribution in [0.5, 0.6) is 0 Å². The highest BCUT2D eigenvalue weighted by Gasteiger charge is 2.14. The molecule has 3 rings (SSSR count). The van der Waals surface area contributed by atoms with E-state index in [4.69, 9.17) is 23.2 Å². The molecule has 0 N–H and O–H groups in total. The predicted molar refractivity (Wildman–Crippen MR) is 85.2 cm³/mol. The molecule has 0 amide bonds. The van der Waals surface area contributed by atoms with Gasteiger partial charge in [0.25, 0.3) is 0 Å². The standard InChI is InChI=1S/C14H8BrCl2N3/c1-7-12(16)19-14(20-13(7)17)11-9(15)6-8-4-2-3-5-10(8)18-11/h2-6H,1H3. The van der Waals surface area contributed by atoms with Crippen molar-refractivity contribution in [2.24, 2.45) is 0 Å². The Labute approximate surface area is 134 Å². The number of halogens is 3. The van der Waals surface area contributed by atoms with Crippen LogP contribution in [-0.4, -0.2) is 15.0 Å². The van der Waals surface area contributed by atoms with Crippen LogP contribution in [0.15, 0.2) is 34.8 Å². The summed E-state index contributed by atoms with van der Waals surface area (Å²) in [6.07, 6.45) is 0. The first-order chi connectivity index (χ1) is 9.56. The molecule has 0 fully saturated rings. The molecule has 0 aliphatic heterocycles. The maximum absolute atomic E-state index is 6.06. The van der Waals surface area contributed by atoms with Gasteiger partial charge in [0.05, 0.1) is 5.52 Å². The van der Waals surface area contributed by atoms with E-state index in [2.05, 4.69) is 30.9 Å². The number of aromatic nitrogens is 3. The number of para-hydroxylation sites is 1. The maximum atomic E-state index is 6.06. The lowest BCUT2D eigenvalue weighted by atomic mass is 10.2. The van der Waals surface area contributed by atoms with Gasteiger partial charge in [0.15, 0.2) is 5.82 Å². The molecular weight excluding hydrogens is 361 g/mol. The average Bonchev–Trinajstić information content (AvgIpc) is 2.43. The largest absolute Gasteiger partial charge is 0.243 e. The van der Waals surface area contributed by atoms with Gasteiger partial charge in [-0.15, -0.1) is 0 Å². The summed E-state index contributed by atoms with van der Waals surface area (Å²) in [7, 11) is 0. The molecule has 100 valence electrons. The molecule has 0 aliphatic rings. The third-order valence-corrected chi connectivity index (χ3v) is 4.26. The van der Waals surface area contributed by atoms with Crippen LogP contribution in [0.4, 0.5) is 0 Å². The Morgan fingerprint density at radius 1 is 1.00 bits per heavy atom. The summed E-state index contributed by atoms with van der Waals surface area (Å²) >= 11 is 15.6. The second-order valence-electron chi connectivity index (χ2n) is 4.27. The monoisotopic (exact) mass is 367 g/mol. The van der Waals surface area contributed by atoms with E-state index in [1.807, 2.05) is 30.3 Å². The molecule has 3 aromatic rings. The molecule has 0 saturated heterocycles. The molecule has 20 heavy (non-hydrogen) atoms. The summed E-state index contributed by atoms with van der Waals surface area (Å²) in [5, 5.41) is 1.70. The number of hydrogen-bond donors (Lipinski definition) is 0. The van der Waals surface area contributed by atoms with E-state index in [9.17, 15) is 0 Å². The number of benzene rings is 1. The highest BCUT2D eigenvalue weighted by molar-refractivity contribution is 9.10. The van der Waals surface area contributed by atoms with E-state index in [0.717, 1.165) is 15.4 Å². The van der Waals surface area contributed by atoms with E-state index in [1.54, 1.807) is 6.92 Å². The number of rotatable bonds is 1. The summed E-state index contributed by atoms with van der Waals surface area (Å²) in [6.45, 7) is 1.78. The lowest BCUT2D eigenvalue weighted by molar-refractivity contribution is 1.12. The van der Waals surface area contributed by atoms with Gasteiger partial charge in [-0.05, 0) is 35.0 Å². The highest BCUT2D eigenvalue weighted by Crippen LogP contribution is 2.30. The fourth-order valence-electron chi connectivity index (χ4n) is 1.82. The molecule has 3 nitrogen and oxygen atoms in total. The molecule has 0 atom stereocenters. The zero-order chi connectivity index (χ0) is 14.3. The topological polar surface area (TPSA) is 38.7 Å². The minimum atomic E-state index is 0.335. The fraction of sp³-hybridized carbons (Fsp3) is 0.0714. The Kier molecular flexibility index (Phi) is 3.63. The summed E-state index contributed by atoms with van der Waals surface area (Å²) in [6, 6.07) is 9.80. The highest BCUT2D eigenvalue weighted by atomic mass is 79.9. The van der Waals surface area contributed by atoms with Crippen LogP contribution in [0.1, 0.15) is 5.56 Å². The van der Waals surface area contributed by atoms with Crippen molar-refractivity contribution < 1.29 is 0 Å². The van der Waals surface area contributed by atoms with Crippen molar-refractivity contribution in [3.8, 4) is 11.5 Å². The van der Waals surface area contributed by atoms with Crippen LogP contribution in [0.25, 0.3) is 22.4 Å². The Morgan fingerprint density at radius 2 is 1.65 bits per heavy atom. The zero-order valence-electron chi connectivity index (χ0n) is 10.4. The van der Waals surface area contributed by atoms with E-state index >= 15 is 0 Å². The van der Waals surface area contributed by atoms with Crippen molar-refractivity contribution >= 4 is 50.0 Å². The van der Waals surface area contributed by atoms with Gasteiger partial charge < -0.3 is 0 Å². The summed E-state index contributed by atoms with van der Waals surface area (Å²) in [5.41, 5.74) is 2.14. The molecule has 0 saturated carbocycles. The van der Waals surface area contributed by atoms with Crippen molar-refractivity contribution in [3.63, 3.8) is 0 Å². The van der Waals surface area contributed by atoms with Gasteiger partial charge in [-0.25, -0.2) is 15.0 Å². The summed E-state index contributed by atoms with van der Waals surface area (Å²) in [5.74, 6) is 0.406. The molecule has 2 aromatic heterocycles. The van der Waals surface area contributed by atoms with Crippen LogP contribution in [0, 0.1) is 6.92 Å². The van der Waals surface area contributed by atoms with Gasteiger partial charge in [-0.2, -0.15) is 0 Å². The van der Waals surface area contributed by atoms with Crippen molar-refractivity contribution in [2.45, 2.75) is 6.92 Å². The Hall–Kier alpha value is -1.23. The van der Waals surface area contributed by atoms with Crippen LogP contribution in [0.3, 0.4) is 0 Å². The van der Waals surface area contributed by atoms with Crippen molar-refractivity contribution in [1.29, 1.82) is 0 Å². The quantitative estimate of drug-likeness (QED) is 0.563. The SMILES string of the molecule is Cc1c(Cl)nc(-c2nc3ccccc3cc2Br)nc1Cl. The summed E-state index contributed by atoms with van der Waals surface area (Å²) in [4.78, 5) is 13.1. The van der Waals surface area contributed by atoms with Crippen molar-refractivity contribution in [2.75, 3.05) is 0 Å². The van der Waals surface area contributed by atoms with Crippen molar-refractivity contribution in [3.05, 3.63) is 50.7 Å². The smallest absolute Gasteiger partial charge is 0.182 e. The van der Waals surface area contributed by atoms with Crippen LogP contribution in [0.2, 0.25) is 10.3 Å². The second-order valence-corrected chi connectivity index (χ2v) is 5.84. The first-order valence-electron chi connectivity index (χ1n) is 5.81. The first-order valence-corrected chi connectivity index (χ1v) is 7.36. The molecule has 2 heterocycles. The molecule has 6 heteroatoms. The molecular formula is C14H8BrCl2N3. The first kappa shape index (κ1) is 13.7. The Balaban J connectivity index is 2.26. The maximum Gasteiger partial charge on any atom is 0.182 e. The van der Waals surface area contributed by atoms with Gasteiger partial charge in [-0.1, -0.05) is 41.4 Å².